The molecule has 1 aliphatic rings. The van der Waals surface area contributed by atoms with E-state index in [0.717, 1.165) is 37.3 Å². The lowest BCUT2D eigenvalue weighted by atomic mass is 10.2. The zero-order valence-corrected chi connectivity index (χ0v) is 24.1. The second kappa shape index (κ2) is 20.2. The van der Waals surface area contributed by atoms with Crippen LogP contribution < -0.4 is 11.2 Å². The first-order valence-electron chi connectivity index (χ1n) is 13.7. The van der Waals surface area contributed by atoms with E-state index >= 15 is 0 Å². The number of nitrogens with one attached hydrogen (secondary N) is 1. The van der Waals surface area contributed by atoms with E-state index < -0.39 is 5.91 Å². The van der Waals surface area contributed by atoms with E-state index in [-0.39, 0.29) is 12.2 Å². The predicted molar refractivity (Wildman–Crippen MR) is 163 cm³/mol. The number of nitrogens with zero attached hydrogens (tertiary/aromatic N) is 5. The maximum atomic E-state index is 11.5. The second-order valence-electron chi connectivity index (χ2n) is 8.40. The van der Waals surface area contributed by atoms with E-state index in [0.29, 0.717) is 30.7 Å². The van der Waals surface area contributed by atoms with Crippen LogP contribution in [0.4, 0.5) is 0 Å². The first-order valence-corrected chi connectivity index (χ1v) is 13.7. The summed E-state index contributed by atoms with van der Waals surface area (Å²) >= 11 is 0. The molecular formula is C30H45N7O2. The summed E-state index contributed by atoms with van der Waals surface area (Å²) in [5.74, 6) is -0.499. The minimum atomic E-state index is -0.499. The maximum Gasteiger partial charge on any atom is 0.313 e. The number of aromatic nitrogens is 1. The Morgan fingerprint density at radius 2 is 2.03 bits per heavy atom. The number of hydrazone groups is 1. The van der Waals surface area contributed by atoms with Gasteiger partial charge in [0.25, 0.3) is 0 Å². The summed E-state index contributed by atoms with van der Waals surface area (Å²) < 4.78 is 6.00. The van der Waals surface area contributed by atoms with Crippen LogP contribution in [-0.2, 0) is 16.0 Å². The summed E-state index contributed by atoms with van der Waals surface area (Å²) in [6.45, 7) is 16.5. The molecule has 39 heavy (non-hydrogen) atoms. The Hall–Kier alpha value is -3.85. The lowest BCUT2D eigenvalue weighted by molar-refractivity contribution is -0.114. The van der Waals surface area contributed by atoms with Gasteiger partial charge in [0.15, 0.2) is 0 Å². The fourth-order valence-corrected chi connectivity index (χ4v) is 3.50. The van der Waals surface area contributed by atoms with Crippen LogP contribution in [0.15, 0.2) is 87.7 Å². The van der Waals surface area contributed by atoms with E-state index in [1.807, 2.05) is 45.0 Å². The Bertz CT molecular complexity index is 1050. The quantitative estimate of drug-likeness (QED) is 0.199. The van der Waals surface area contributed by atoms with E-state index in [4.69, 9.17) is 15.5 Å². The fraction of sp³-hybridized carbons (Fsp3) is 0.433. The standard InChI is InChI=1S/C28H39N7O2.C2H6/c1-5-17-35(18-6-2)22(4)32-28(37-19-15-25-13-10-11-16-30-25)33-24(7-3)21-31-34-26-14-9-8-12-23(20-26)27(29)36;1-2/h7-13,16,20-22,34H,3,5-6,14-15,17-19H2,1-2,4H3,(H2,29,36);1-2H3/b31-21+,32-28+,33-24+;. The molecule has 2 rings (SSSR count). The van der Waals surface area contributed by atoms with E-state index in [9.17, 15) is 4.79 Å². The van der Waals surface area contributed by atoms with Crippen LogP contribution in [0, 0.1) is 0 Å². The number of carbonyl (C=O) groups is 1. The lowest BCUT2D eigenvalue weighted by Crippen LogP contribution is -2.34. The Labute approximate surface area is 234 Å². The number of allylic oxidation sites excluding steroid dienone is 4. The molecule has 1 aromatic heterocycles. The van der Waals surface area contributed by atoms with E-state index in [1.54, 1.807) is 30.5 Å². The molecule has 212 valence electrons. The Balaban J connectivity index is 0.00000371. The number of amides is 1. The minimum absolute atomic E-state index is 0.100. The van der Waals surface area contributed by atoms with Gasteiger partial charge in [-0.1, -0.05) is 52.5 Å². The van der Waals surface area contributed by atoms with Crippen molar-refractivity contribution in [2.45, 2.75) is 66.5 Å². The molecule has 0 fully saturated rings. The Kier molecular flexibility index (Phi) is 17.1. The minimum Gasteiger partial charge on any atom is -0.463 e. The highest BCUT2D eigenvalue weighted by molar-refractivity contribution is 6.37. The van der Waals surface area contributed by atoms with Gasteiger partial charge in [-0.15, -0.1) is 0 Å². The van der Waals surface area contributed by atoms with Gasteiger partial charge in [-0.05, 0) is 63.2 Å². The molecule has 0 aromatic carbocycles. The van der Waals surface area contributed by atoms with Crippen LogP contribution in [0.1, 0.15) is 59.6 Å². The SMILES string of the molecule is C=CC(/C=N/NC1=CC(C(N)=O)=CC=CC1)=N\C(=N/C(C)N(CCC)CCC)OCCc1ccccn1.CC. The number of pyridine rings is 1. The van der Waals surface area contributed by atoms with Gasteiger partial charge in [-0.25, -0.2) is 4.99 Å². The van der Waals surface area contributed by atoms with E-state index in [2.05, 4.69) is 45.8 Å². The topological polar surface area (TPSA) is 118 Å². The predicted octanol–water partition coefficient (Wildman–Crippen LogP) is 4.95. The highest BCUT2D eigenvalue weighted by atomic mass is 16.5. The third-order valence-electron chi connectivity index (χ3n) is 5.37. The molecule has 9 heteroatoms. The van der Waals surface area contributed by atoms with Crippen LogP contribution >= 0.6 is 0 Å². The zero-order chi connectivity index (χ0) is 28.9. The average Bonchev–Trinajstić information content (AvgIpc) is 3.20. The smallest absolute Gasteiger partial charge is 0.313 e. The van der Waals surface area contributed by atoms with Crippen molar-refractivity contribution in [2.75, 3.05) is 19.7 Å². The van der Waals surface area contributed by atoms with Crippen molar-refractivity contribution in [1.29, 1.82) is 0 Å². The van der Waals surface area contributed by atoms with Crippen molar-refractivity contribution in [1.82, 2.24) is 15.3 Å². The molecule has 9 nitrogen and oxygen atoms in total. The van der Waals surface area contributed by atoms with Gasteiger partial charge < -0.3 is 10.5 Å². The summed E-state index contributed by atoms with van der Waals surface area (Å²) in [7, 11) is 0. The number of rotatable bonds is 14. The first kappa shape index (κ1) is 33.2. The molecule has 0 radical (unpaired) electrons. The highest BCUT2D eigenvalue weighted by Gasteiger charge is 2.13. The van der Waals surface area contributed by atoms with Gasteiger partial charge in [-0.3, -0.25) is 20.1 Å². The average molecular weight is 536 g/mol. The van der Waals surface area contributed by atoms with Crippen LogP contribution in [-0.4, -0.2) is 59.6 Å². The van der Waals surface area contributed by atoms with Crippen LogP contribution in [0.3, 0.4) is 0 Å². The van der Waals surface area contributed by atoms with Crippen molar-refractivity contribution < 1.29 is 9.53 Å². The molecular weight excluding hydrogens is 490 g/mol. The number of amidine groups is 1. The highest BCUT2D eigenvalue weighted by Crippen LogP contribution is 2.10. The number of hydrogen-bond acceptors (Lipinski definition) is 7. The Morgan fingerprint density at radius 1 is 1.28 bits per heavy atom. The molecule has 1 unspecified atom stereocenters. The van der Waals surface area contributed by atoms with Crippen LogP contribution in [0.25, 0.3) is 0 Å². The lowest BCUT2D eigenvalue weighted by Gasteiger charge is -2.25. The van der Waals surface area contributed by atoms with Crippen LogP contribution in [0.2, 0.25) is 0 Å². The summed E-state index contributed by atoms with van der Waals surface area (Å²) in [5, 5.41) is 4.27. The molecule has 0 aliphatic heterocycles. The normalized spacial score (nSPS) is 14.6. The molecule has 1 amide bonds. The molecule has 1 aromatic rings. The molecule has 0 bridgehead atoms. The third-order valence-corrected chi connectivity index (χ3v) is 5.37. The second-order valence-corrected chi connectivity index (χ2v) is 8.40. The van der Waals surface area contributed by atoms with Gasteiger partial charge in [0.05, 0.1) is 18.5 Å². The van der Waals surface area contributed by atoms with Gasteiger partial charge in [0, 0.05) is 36.0 Å². The molecule has 0 saturated heterocycles. The van der Waals surface area contributed by atoms with Crippen molar-refractivity contribution >= 4 is 23.9 Å². The molecule has 3 N–H and O–H groups in total. The van der Waals surface area contributed by atoms with Gasteiger partial charge >= 0.3 is 6.02 Å². The summed E-state index contributed by atoms with van der Waals surface area (Å²) in [6, 6.07) is 6.05. The number of carbonyl (C=O) groups excluding carboxylic acids is 1. The van der Waals surface area contributed by atoms with Gasteiger partial charge in [0.1, 0.15) is 6.17 Å². The summed E-state index contributed by atoms with van der Waals surface area (Å²) in [6.07, 6.45) is 15.1. The largest absolute Gasteiger partial charge is 0.463 e. The number of nitrogens with two attached hydrogens (primary N) is 1. The monoisotopic (exact) mass is 535 g/mol. The number of ether oxygens (including phenoxy) is 1. The maximum absolute atomic E-state index is 11.5. The molecule has 0 saturated carbocycles. The van der Waals surface area contributed by atoms with Crippen molar-refractivity contribution in [3.63, 3.8) is 0 Å². The van der Waals surface area contributed by atoms with Gasteiger partial charge in [0.2, 0.25) is 5.91 Å². The number of hydrogen-bond donors (Lipinski definition) is 2. The molecule has 1 atom stereocenters. The zero-order valence-electron chi connectivity index (χ0n) is 24.1. The number of aliphatic imine (C=N–C) groups is 2. The van der Waals surface area contributed by atoms with Crippen molar-refractivity contribution in [3.05, 3.63) is 78.3 Å². The van der Waals surface area contributed by atoms with Gasteiger partial charge in [-0.2, -0.15) is 10.1 Å². The number of primary amides is 1. The van der Waals surface area contributed by atoms with E-state index in [1.165, 1.54) is 6.21 Å². The molecule has 0 spiro atoms. The van der Waals surface area contributed by atoms with Crippen LogP contribution in [0.5, 0.6) is 0 Å². The fourth-order valence-electron chi connectivity index (χ4n) is 3.50. The summed E-state index contributed by atoms with van der Waals surface area (Å²) in [5.41, 5.74) is 10.9. The van der Waals surface area contributed by atoms with Crippen molar-refractivity contribution in [3.8, 4) is 0 Å². The third kappa shape index (κ3) is 13.5. The van der Waals surface area contributed by atoms with Crippen molar-refractivity contribution in [2.24, 2.45) is 20.8 Å². The molecule has 1 aliphatic carbocycles. The first-order chi connectivity index (χ1) is 19.0. The molecule has 1 heterocycles. The summed E-state index contributed by atoms with van der Waals surface area (Å²) in [4.78, 5) is 27.5. The Morgan fingerprint density at radius 3 is 2.64 bits per heavy atom.